The molecule has 5 rings (SSSR count). The van der Waals surface area contributed by atoms with Gasteiger partial charge < -0.3 is 9.52 Å². The largest absolute Gasteiger partial charge is 0.507 e. The lowest BCUT2D eigenvalue weighted by atomic mass is 9.94. The highest BCUT2D eigenvalue weighted by Crippen LogP contribution is 2.37. The van der Waals surface area contributed by atoms with Gasteiger partial charge in [-0.25, -0.2) is 5.01 Å². The third-order valence-corrected chi connectivity index (χ3v) is 5.44. The number of furan rings is 1. The second-order valence-electron chi connectivity index (χ2n) is 7.31. The lowest BCUT2D eigenvalue weighted by Crippen LogP contribution is -2.09. The van der Waals surface area contributed by atoms with Gasteiger partial charge in [-0.05, 0) is 55.7 Å². The van der Waals surface area contributed by atoms with E-state index in [0.717, 1.165) is 53.8 Å². The van der Waals surface area contributed by atoms with Gasteiger partial charge in [0.1, 0.15) is 17.1 Å². The zero-order chi connectivity index (χ0) is 19.6. The normalized spacial score (nSPS) is 13.7. The first-order chi connectivity index (χ1) is 14.3. The molecule has 4 nitrogen and oxygen atoms in total. The minimum Gasteiger partial charge on any atom is -0.507 e. The van der Waals surface area contributed by atoms with E-state index in [0.29, 0.717) is 5.56 Å². The predicted octanol–water partition coefficient (Wildman–Crippen LogP) is 6.19. The van der Waals surface area contributed by atoms with Gasteiger partial charge in [-0.1, -0.05) is 36.4 Å². The lowest BCUT2D eigenvalue weighted by Gasteiger charge is -2.19. The minimum absolute atomic E-state index is 0.219. The molecule has 4 heteroatoms. The molecule has 0 fully saturated rings. The summed E-state index contributed by atoms with van der Waals surface area (Å²) < 4.78 is 6.08. The van der Waals surface area contributed by atoms with E-state index in [2.05, 4.69) is 0 Å². The Morgan fingerprint density at radius 2 is 1.48 bits per heavy atom. The smallest absolute Gasteiger partial charge is 0.135 e. The van der Waals surface area contributed by atoms with E-state index in [4.69, 9.17) is 9.52 Å². The molecule has 1 heterocycles. The van der Waals surface area contributed by atoms with Gasteiger partial charge in [0.2, 0.25) is 0 Å². The average molecular weight is 382 g/mol. The highest BCUT2D eigenvalue weighted by Gasteiger charge is 2.21. The first-order valence-electron chi connectivity index (χ1n) is 10.0. The molecule has 0 radical (unpaired) electrons. The average Bonchev–Trinajstić information content (AvgIpc) is 3.15. The number of phenols is 1. The van der Waals surface area contributed by atoms with E-state index in [-0.39, 0.29) is 5.75 Å². The number of hydrazone groups is 1. The molecule has 144 valence electrons. The van der Waals surface area contributed by atoms with Crippen LogP contribution in [0.5, 0.6) is 5.75 Å². The van der Waals surface area contributed by atoms with Crippen LogP contribution in [0.2, 0.25) is 0 Å². The maximum absolute atomic E-state index is 10.6. The van der Waals surface area contributed by atoms with Crippen LogP contribution in [0.1, 0.15) is 29.7 Å². The first-order valence-corrected chi connectivity index (χ1v) is 10.0. The summed E-state index contributed by atoms with van der Waals surface area (Å²) in [7, 11) is 0. The zero-order valence-electron chi connectivity index (χ0n) is 16.1. The number of phenolic OH excluding ortho intramolecular Hbond substituents is 1. The second-order valence-corrected chi connectivity index (χ2v) is 7.31. The third-order valence-electron chi connectivity index (χ3n) is 5.44. The highest BCUT2D eigenvalue weighted by molar-refractivity contribution is 6.03. The maximum atomic E-state index is 10.6. The van der Waals surface area contributed by atoms with Gasteiger partial charge in [0.25, 0.3) is 0 Å². The van der Waals surface area contributed by atoms with E-state index in [9.17, 15) is 5.11 Å². The summed E-state index contributed by atoms with van der Waals surface area (Å²) in [6.45, 7) is 0. The molecule has 0 bridgehead atoms. The number of hydrogen-bond acceptors (Lipinski definition) is 4. The molecular weight excluding hydrogens is 360 g/mol. The number of fused-ring (bicyclic) bond motifs is 3. The fraction of sp³-hybridized carbons (Fsp3) is 0.160. The fourth-order valence-corrected chi connectivity index (χ4v) is 4.04. The second kappa shape index (κ2) is 7.47. The van der Waals surface area contributed by atoms with Gasteiger partial charge in [0.05, 0.1) is 17.6 Å². The van der Waals surface area contributed by atoms with E-state index in [1.807, 2.05) is 71.7 Å². The summed E-state index contributed by atoms with van der Waals surface area (Å²) in [5.74, 6) is 1.27. The van der Waals surface area contributed by atoms with Gasteiger partial charge in [-0.3, -0.25) is 0 Å². The molecule has 4 aromatic rings. The van der Waals surface area contributed by atoms with E-state index in [1.165, 1.54) is 5.56 Å². The fourth-order valence-electron chi connectivity index (χ4n) is 4.04. The van der Waals surface area contributed by atoms with E-state index >= 15 is 0 Å². The Morgan fingerprint density at radius 3 is 2.17 bits per heavy atom. The summed E-state index contributed by atoms with van der Waals surface area (Å²) in [5.41, 5.74) is 4.66. The molecule has 0 saturated carbocycles. The number of anilines is 2. The molecule has 0 aliphatic heterocycles. The van der Waals surface area contributed by atoms with Crippen LogP contribution in [0.3, 0.4) is 0 Å². The van der Waals surface area contributed by atoms with Crippen molar-refractivity contribution in [1.82, 2.24) is 0 Å². The molecule has 0 saturated heterocycles. The summed E-state index contributed by atoms with van der Waals surface area (Å²) in [4.78, 5) is 0. The van der Waals surface area contributed by atoms with Crippen molar-refractivity contribution in [3.63, 3.8) is 0 Å². The number of benzene rings is 3. The Labute approximate surface area is 169 Å². The van der Waals surface area contributed by atoms with Crippen molar-refractivity contribution in [3.8, 4) is 5.75 Å². The van der Waals surface area contributed by atoms with Crippen molar-refractivity contribution in [2.24, 2.45) is 5.10 Å². The number of rotatable bonds is 4. The SMILES string of the molecule is Oc1ccc2oc3c(c2c1C=NN(c1ccccc1)c1ccccc1)CCCC3. The molecular formula is C25H22N2O2. The Kier molecular flexibility index (Phi) is 4.53. The Hall–Kier alpha value is -3.53. The summed E-state index contributed by atoms with van der Waals surface area (Å²) in [5, 5.41) is 18.3. The maximum Gasteiger partial charge on any atom is 0.135 e. The third kappa shape index (κ3) is 3.27. The standard InChI is InChI=1S/C25H22N2O2/c28-22-15-16-24-25(20-13-7-8-14-23(20)29-24)21(22)17-26-27(18-9-3-1-4-10-18)19-11-5-2-6-12-19/h1-6,9-12,15-17,28H,7-8,13-14H2. The molecule has 0 spiro atoms. The molecule has 3 aromatic carbocycles. The summed E-state index contributed by atoms with van der Waals surface area (Å²) in [6.07, 6.45) is 5.99. The van der Waals surface area contributed by atoms with Gasteiger partial charge in [-0.15, -0.1) is 0 Å². The Bertz CT molecular complexity index is 1120. The molecule has 0 atom stereocenters. The highest BCUT2D eigenvalue weighted by atomic mass is 16.3. The van der Waals surface area contributed by atoms with Crippen LogP contribution in [0.25, 0.3) is 11.0 Å². The van der Waals surface area contributed by atoms with Crippen molar-refractivity contribution < 1.29 is 9.52 Å². The number of para-hydroxylation sites is 2. The molecule has 1 aromatic heterocycles. The van der Waals surface area contributed by atoms with Gasteiger partial charge >= 0.3 is 0 Å². The van der Waals surface area contributed by atoms with Gasteiger partial charge in [0.15, 0.2) is 0 Å². The van der Waals surface area contributed by atoms with Crippen LogP contribution in [0.15, 0.2) is 82.3 Å². The summed E-state index contributed by atoms with van der Waals surface area (Å²) in [6, 6.07) is 23.6. The first kappa shape index (κ1) is 17.6. The Balaban J connectivity index is 1.63. The number of nitrogens with zero attached hydrogens (tertiary/aromatic N) is 2. The van der Waals surface area contributed by atoms with Crippen LogP contribution < -0.4 is 5.01 Å². The zero-order valence-corrected chi connectivity index (χ0v) is 16.1. The molecule has 1 aliphatic carbocycles. The number of hydrogen-bond donors (Lipinski definition) is 1. The van der Waals surface area contributed by atoms with Crippen LogP contribution in [-0.2, 0) is 12.8 Å². The van der Waals surface area contributed by atoms with Crippen LogP contribution >= 0.6 is 0 Å². The van der Waals surface area contributed by atoms with Crippen LogP contribution in [-0.4, -0.2) is 11.3 Å². The van der Waals surface area contributed by atoms with Crippen LogP contribution in [0, 0.1) is 0 Å². The predicted molar refractivity (Wildman–Crippen MR) is 117 cm³/mol. The molecule has 0 amide bonds. The van der Waals surface area contributed by atoms with Crippen molar-refractivity contribution >= 4 is 28.6 Å². The van der Waals surface area contributed by atoms with E-state index < -0.39 is 0 Å². The summed E-state index contributed by atoms with van der Waals surface area (Å²) >= 11 is 0. The van der Waals surface area contributed by atoms with Gasteiger partial charge in [-0.2, -0.15) is 5.10 Å². The molecule has 1 N–H and O–H groups in total. The van der Waals surface area contributed by atoms with Crippen molar-refractivity contribution in [3.05, 3.63) is 89.7 Å². The van der Waals surface area contributed by atoms with Crippen LogP contribution in [0.4, 0.5) is 11.4 Å². The van der Waals surface area contributed by atoms with Crippen molar-refractivity contribution in [2.75, 3.05) is 5.01 Å². The van der Waals surface area contributed by atoms with Crippen molar-refractivity contribution in [1.29, 1.82) is 0 Å². The van der Waals surface area contributed by atoms with Crippen molar-refractivity contribution in [2.45, 2.75) is 25.7 Å². The molecule has 1 aliphatic rings. The number of aryl methyl sites for hydroxylation is 2. The van der Waals surface area contributed by atoms with Gasteiger partial charge in [0, 0.05) is 22.9 Å². The number of aromatic hydroxyl groups is 1. The molecule has 0 unspecified atom stereocenters. The lowest BCUT2D eigenvalue weighted by molar-refractivity contribution is 0.474. The quantitative estimate of drug-likeness (QED) is 0.338. The topological polar surface area (TPSA) is 49.0 Å². The molecule has 29 heavy (non-hydrogen) atoms. The minimum atomic E-state index is 0.219. The van der Waals surface area contributed by atoms with E-state index in [1.54, 1.807) is 12.3 Å². The Morgan fingerprint density at radius 1 is 0.828 bits per heavy atom. The monoisotopic (exact) mass is 382 g/mol.